The second-order valence-electron chi connectivity index (χ2n) is 6.50. The van der Waals surface area contributed by atoms with E-state index in [-0.39, 0.29) is 16.9 Å². The molecule has 2 aromatic heterocycles. The second-order valence-corrected chi connectivity index (χ2v) is 6.93. The highest BCUT2D eigenvalue weighted by Gasteiger charge is 2.32. The number of rotatable bonds is 2. The number of nitrogens with zero attached hydrogens (tertiary/aromatic N) is 2. The summed E-state index contributed by atoms with van der Waals surface area (Å²) in [7, 11) is 0. The molecule has 0 spiro atoms. The van der Waals surface area contributed by atoms with E-state index in [0.717, 1.165) is 5.56 Å². The van der Waals surface area contributed by atoms with Gasteiger partial charge in [0.05, 0.1) is 16.9 Å². The Kier molecular flexibility index (Phi) is 3.36. The van der Waals surface area contributed by atoms with Crippen molar-refractivity contribution in [1.29, 1.82) is 0 Å². The summed E-state index contributed by atoms with van der Waals surface area (Å²) in [5.74, 6) is -0.794. The normalized spacial score (nSPS) is 12.4. The summed E-state index contributed by atoms with van der Waals surface area (Å²) in [4.78, 5) is 25.8. The number of hydrogen-bond donors (Lipinski definition) is 0. The minimum Gasteiger partial charge on any atom is -0.334 e. The van der Waals surface area contributed by atoms with Crippen LogP contribution in [-0.2, 0) is 6.54 Å². The number of carbonyl (C=O) groups excluding carboxylic acids is 1. The number of benzene rings is 2. The number of hydrogen-bond acceptors (Lipinski definition) is 2. The van der Waals surface area contributed by atoms with E-state index < -0.39 is 5.82 Å². The first-order chi connectivity index (χ1) is 13.0. The second kappa shape index (κ2) is 5.66. The fourth-order valence-corrected chi connectivity index (χ4v) is 3.82. The Morgan fingerprint density at radius 1 is 1.00 bits per heavy atom. The summed E-state index contributed by atoms with van der Waals surface area (Å²) in [6, 6.07) is 14.8. The molecule has 0 amide bonds. The Morgan fingerprint density at radius 3 is 2.56 bits per heavy atom. The highest BCUT2D eigenvalue weighted by molar-refractivity contribution is 6.30. The van der Waals surface area contributed by atoms with Crippen molar-refractivity contribution in [3.63, 3.8) is 0 Å². The van der Waals surface area contributed by atoms with Gasteiger partial charge in [-0.2, -0.15) is 0 Å². The highest BCUT2D eigenvalue weighted by atomic mass is 35.5. The van der Waals surface area contributed by atoms with Crippen molar-refractivity contribution in [2.75, 3.05) is 0 Å². The molecule has 0 saturated heterocycles. The standard InChI is InChI=1S/C21H12ClFN2O2/c22-13-5-3-12(4-6-13)11-25-17-10-14(23)7-8-15(17)20(26)18-19(25)16-2-1-9-24(16)21(18)27/h1-10H,11H2. The maximum Gasteiger partial charge on any atom is 0.268 e. The summed E-state index contributed by atoms with van der Waals surface area (Å²) < 4.78 is 17.3. The van der Waals surface area contributed by atoms with Crippen LogP contribution in [0.15, 0.2) is 65.6 Å². The Hall–Kier alpha value is -3.18. The molecule has 6 heteroatoms. The summed E-state index contributed by atoms with van der Waals surface area (Å²) >= 11 is 5.97. The third-order valence-corrected chi connectivity index (χ3v) is 5.16. The van der Waals surface area contributed by atoms with E-state index in [9.17, 15) is 14.0 Å². The molecule has 0 bridgehead atoms. The van der Waals surface area contributed by atoms with Crippen LogP contribution in [0, 0.1) is 5.82 Å². The fourth-order valence-electron chi connectivity index (χ4n) is 3.69. The van der Waals surface area contributed by atoms with Crippen LogP contribution < -0.4 is 5.43 Å². The average Bonchev–Trinajstić information content (AvgIpc) is 3.23. The first-order valence-electron chi connectivity index (χ1n) is 8.37. The molecular formula is C21H12ClFN2O2. The van der Waals surface area contributed by atoms with Crippen molar-refractivity contribution in [3.05, 3.63) is 93.0 Å². The van der Waals surface area contributed by atoms with E-state index in [1.807, 2.05) is 16.7 Å². The maximum absolute atomic E-state index is 14.0. The lowest BCUT2D eigenvalue weighted by Gasteiger charge is -2.16. The number of fused-ring (bicyclic) bond motifs is 4. The van der Waals surface area contributed by atoms with Gasteiger partial charge >= 0.3 is 0 Å². The molecule has 132 valence electrons. The Bertz CT molecular complexity index is 1300. The zero-order valence-corrected chi connectivity index (χ0v) is 14.7. The predicted octanol–water partition coefficient (Wildman–Crippen LogP) is 4.31. The SMILES string of the molecule is O=C1c2c(n(Cc3ccc(Cl)cc3)c3cc(F)ccc3c2=O)-c2cccn21. The van der Waals surface area contributed by atoms with Crippen molar-refractivity contribution in [2.45, 2.75) is 6.54 Å². The Morgan fingerprint density at radius 2 is 1.78 bits per heavy atom. The Balaban J connectivity index is 1.88. The number of aromatic nitrogens is 2. The Labute approximate surface area is 158 Å². The molecule has 1 aliphatic heterocycles. The fraction of sp³-hybridized carbons (Fsp3) is 0.0476. The van der Waals surface area contributed by atoms with E-state index >= 15 is 0 Å². The number of halogens is 2. The molecule has 27 heavy (non-hydrogen) atoms. The van der Waals surface area contributed by atoms with Crippen LogP contribution in [-0.4, -0.2) is 15.0 Å². The van der Waals surface area contributed by atoms with Crippen LogP contribution in [0.4, 0.5) is 4.39 Å². The van der Waals surface area contributed by atoms with Gasteiger partial charge in [-0.1, -0.05) is 23.7 Å². The first kappa shape index (κ1) is 16.0. The summed E-state index contributed by atoms with van der Waals surface area (Å²) in [6.07, 6.45) is 1.63. The first-order valence-corrected chi connectivity index (χ1v) is 8.75. The average molecular weight is 379 g/mol. The summed E-state index contributed by atoms with van der Waals surface area (Å²) in [5.41, 5.74) is 2.28. The third kappa shape index (κ3) is 2.28. The van der Waals surface area contributed by atoms with Gasteiger partial charge in [0, 0.05) is 23.2 Å². The zero-order valence-electron chi connectivity index (χ0n) is 13.9. The lowest BCUT2D eigenvalue weighted by Crippen LogP contribution is -2.20. The molecule has 0 N–H and O–H groups in total. The zero-order chi connectivity index (χ0) is 18.7. The van der Waals surface area contributed by atoms with E-state index in [0.29, 0.717) is 33.9 Å². The summed E-state index contributed by atoms with van der Waals surface area (Å²) in [5, 5.41) is 0.937. The number of pyridine rings is 1. The van der Waals surface area contributed by atoms with Crippen LogP contribution in [0.5, 0.6) is 0 Å². The molecule has 4 nitrogen and oxygen atoms in total. The third-order valence-electron chi connectivity index (χ3n) is 4.91. The molecule has 3 heterocycles. The van der Waals surface area contributed by atoms with Gasteiger partial charge in [-0.05, 0) is 48.0 Å². The van der Waals surface area contributed by atoms with Gasteiger partial charge in [0.1, 0.15) is 11.4 Å². The van der Waals surface area contributed by atoms with Crippen molar-refractivity contribution in [1.82, 2.24) is 9.13 Å². The van der Waals surface area contributed by atoms with Gasteiger partial charge in [-0.15, -0.1) is 0 Å². The molecule has 0 unspecified atom stereocenters. The molecule has 0 aliphatic carbocycles. The molecule has 0 saturated carbocycles. The van der Waals surface area contributed by atoms with E-state index in [1.54, 1.807) is 30.5 Å². The molecule has 4 aromatic rings. The van der Waals surface area contributed by atoms with Crippen LogP contribution in [0.2, 0.25) is 5.02 Å². The van der Waals surface area contributed by atoms with Crippen LogP contribution in [0.1, 0.15) is 15.9 Å². The van der Waals surface area contributed by atoms with Crippen LogP contribution in [0.3, 0.4) is 0 Å². The molecular weight excluding hydrogens is 367 g/mol. The molecule has 5 rings (SSSR count). The monoisotopic (exact) mass is 378 g/mol. The van der Waals surface area contributed by atoms with E-state index in [2.05, 4.69) is 0 Å². The van der Waals surface area contributed by atoms with Gasteiger partial charge in [-0.3, -0.25) is 14.2 Å². The van der Waals surface area contributed by atoms with Gasteiger partial charge in [-0.25, -0.2) is 4.39 Å². The van der Waals surface area contributed by atoms with Crippen molar-refractivity contribution in [3.8, 4) is 11.4 Å². The van der Waals surface area contributed by atoms with Crippen LogP contribution in [0.25, 0.3) is 22.3 Å². The number of carbonyl (C=O) groups is 1. The predicted molar refractivity (Wildman–Crippen MR) is 102 cm³/mol. The van der Waals surface area contributed by atoms with Crippen molar-refractivity contribution < 1.29 is 9.18 Å². The van der Waals surface area contributed by atoms with Crippen molar-refractivity contribution in [2.24, 2.45) is 0 Å². The van der Waals surface area contributed by atoms with Gasteiger partial charge in [0.15, 0.2) is 0 Å². The van der Waals surface area contributed by atoms with Crippen LogP contribution >= 0.6 is 11.6 Å². The molecule has 0 radical (unpaired) electrons. The lowest BCUT2D eigenvalue weighted by atomic mass is 10.1. The highest BCUT2D eigenvalue weighted by Crippen LogP contribution is 2.33. The molecule has 0 atom stereocenters. The largest absolute Gasteiger partial charge is 0.334 e. The molecule has 2 aromatic carbocycles. The molecule has 1 aliphatic rings. The summed E-state index contributed by atoms with van der Waals surface area (Å²) in [6.45, 7) is 0.373. The minimum atomic E-state index is -0.439. The topological polar surface area (TPSA) is 44.0 Å². The van der Waals surface area contributed by atoms with E-state index in [4.69, 9.17) is 11.6 Å². The van der Waals surface area contributed by atoms with Gasteiger partial charge < -0.3 is 4.57 Å². The smallest absolute Gasteiger partial charge is 0.268 e. The maximum atomic E-state index is 14.0. The van der Waals surface area contributed by atoms with Crippen molar-refractivity contribution >= 4 is 28.4 Å². The minimum absolute atomic E-state index is 0.124. The van der Waals surface area contributed by atoms with Gasteiger partial charge in [0.2, 0.25) is 5.43 Å². The van der Waals surface area contributed by atoms with Gasteiger partial charge in [0.25, 0.3) is 5.91 Å². The quantitative estimate of drug-likeness (QED) is 0.459. The van der Waals surface area contributed by atoms with E-state index in [1.165, 1.54) is 22.8 Å². The lowest BCUT2D eigenvalue weighted by molar-refractivity contribution is 0.0968. The molecule has 0 fully saturated rings.